The van der Waals surface area contributed by atoms with Gasteiger partial charge in [-0.1, -0.05) is 86.3 Å². The number of fused-ring (bicyclic) bond motifs is 1. The third kappa shape index (κ3) is 6.27. The van der Waals surface area contributed by atoms with Crippen molar-refractivity contribution in [3.63, 3.8) is 0 Å². The number of anilines is 3. The van der Waals surface area contributed by atoms with Crippen molar-refractivity contribution in [2.24, 2.45) is 5.41 Å². The standard InChI is InChI=1S/C40H47N3/c1-7-30-16-20-32(21-17-30)41-38-25-24-37(35-14-12-13-15-36(35)38)39(31-18-22-33(23-19-31)42(8-2)9-3)40(6)28-26-34(27-29-40)43(10-4)11-5/h7,12-28,39,41H,1,8-11,29H2,2-6H3. The molecule has 43 heavy (non-hydrogen) atoms. The van der Waals surface area contributed by atoms with Crippen LogP contribution in [0.5, 0.6) is 0 Å². The van der Waals surface area contributed by atoms with Gasteiger partial charge in [0.2, 0.25) is 0 Å². The van der Waals surface area contributed by atoms with E-state index in [0.29, 0.717) is 0 Å². The number of nitrogens with one attached hydrogen (secondary N) is 1. The quantitative estimate of drug-likeness (QED) is 0.183. The molecule has 0 fully saturated rings. The van der Waals surface area contributed by atoms with E-state index in [4.69, 9.17) is 0 Å². The second-order valence-corrected chi connectivity index (χ2v) is 11.7. The van der Waals surface area contributed by atoms with Crippen molar-refractivity contribution in [3.05, 3.63) is 132 Å². The van der Waals surface area contributed by atoms with Crippen molar-refractivity contribution in [2.45, 2.75) is 47.0 Å². The van der Waals surface area contributed by atoms with Gasteiger partial charge in [-0.3, -0.25) is 0 Å². The maximum atomic E-state index is 3.89. The minimum absolute atomic E-state index is 0.0778. The lowest BCUT2D eigenvalue weighted by Crippen LogP contribution is -2.29. The highest BCUT2D eigenvalue weighted by Crippen LogP contribution is 2.49. The van der Waals surface area contributed by atoms with Gasteiger partial charge in [-0.15, -0.1) is 0 Å². The van der Waals surface area contributed by atoms with Gasteiger partial charge in [-0.2, -0.15) is 0 Å². The Morgan fingerprint density at radius 3 is 2.02 bits per heavy atom. The van der Waals surface area contributed by atoms with E-state index in [9.17, 15) is 0 Å². The Bertz CT molecular complexity index is 1590. The summed E-state index contributed by atoms with van der Waals surface area (Å²) in [7, 11) is 0. The van der Waals surface area contributed by atoms with Crippen LogP contribution in [0.2, 0.25) is 0 Å². The molecule has 2 unspecified atom stereocenters. The highest BCUT2D eigenvalue weighted by Gasteiger charge is 2.36. The predicted octanol–water partition coefficient (Wildman–Crippen LogP) is 10.4. The van der Waals surface area contributed by atoms with E-state index in [1.807, 2.05) is 6.08 Å². The van der Waals surface area contributed by atoms with E-state index in [-0.39, 0.29) is 11.3 Å². The molecule has 0 saturated heterocycles. The molecule has 0 heterocycles. The minimum Gasteiger partial charge on any atom is -0.372 e. The van der Waals surface area contributed by atoms with Gasteiger partial charge in [0.05, 0.1) is 0 Å². The van der Waals surface area contributed by atoms with Gasteiger partial charge < -0.3 is 15.1 Å². The summed E-state index contributed by atoms with van der Waals surface area (Å²) in [4.78, 5) is 4.86. The van der Waals surface area contributed by atoms with Crippen molar-refractivity contribution in [3.8, 4) is 0 Å². The molecule has 1 aliphatic carbocycles. The van der Waals surface area contributed by atoms with Crippen molar-refractivity contribution in [1.82, 2.24) is 4.90 Å². The number of benzene rings is 4. The topological polar surface area (TPSA) is 18.5 Å². The number of likely N-dealkylation sites (N-methyl/N-ethyl adjacent to an activating group) is 1. The Morgan fingerprint density at radius 1 is 0.791 bits per heavy atom. The van der Waals surface area contributed by atoms with E-state index in [1.165, 1.54) is 33.3 Å². The normalized spacial score (nSPS) is 16.9. The predicted molar refractivity (Wildman–Crippen MR) is 188 cm³/mol. The van der Waals surface area contributed by atoms with Crippen LogP contribution in [0.15, 0.2) is 115 Å². The molecule has 4 aromatic carbocycles. The average Bonchev–Trinajstić information content (AvgIpc) is 3.05. The van der Waals surface area contributed by atoms with Gasteiger partial charge in [0.25, 0.3) is 0 Å². The Hall–Kier alpha value is -4.24. The lowest BCUT2D eigenvalue weighted by Gasteiger charge is -2.39. The zero-order valence-corrected chi connectivity index (χ0v) is 26.6. The first-order chi connectivity index (χ1) is 20.9. The monoisotopic (exact) mass is 569 g/mol. The first-order valence-electron chi connectivity index (χ1n) is 15.9. The molecule has 222 valence electrons. The molecule has 4 aromatic rings. The third-order valence-electron chi connectivity index (χ3n) is 9.22. The molecule has 5 rings (SSSR count). The molecule has 3 nitrogen and oxygen atoms in total. The Morgan fingerprint density at radius 2 is 1.44 bits per heavy atom. The minimum atomic E-state index is -0.0778. The zero-order valence-electron chi connectivity index (χ0n) is 26.6. The number of allylic oxidation sites excluding steroid dienone is 3. The van der Waals surface area contributed by atoms with E-state index < -0.39 is 0 Å². The largest absolute Gasteiger partial charge is 0.372 e. The summed E-state index contributed by atoms with van der Waals surface area (Å²) in [5, 5.41) is 6.22. The van der Waals surface area contributed by atoms with Crippen LogP contribution in [0, 0.1) is 5.41 Å². The maximum absolute atomic E-state index is 3.89. The second kappa shape index (κ2) is 13.4. The summed E-state index contributed by atoms with van der Waals surface area (Å²) in [5.74, 6) is 0.190. The molecular weight excluding hydrogens is 522 g/mol. The van der Waals surface area contributed by atoms with Crippen LogP contribution in [0.3, 0.4) is 0 Å². The summed E-state index contributed by atoms with van der Waals surface area (Å²) < 4.78 is 0. The van der Waals surface area contributed by atoms with Crippen molar-refractivity contribution in [2.75, 3.05) is 36.4 Å². The summed E-state index contributed by atoms with van der Waals surface area (Å²) in [6.07, 6.45) is 10.2. The van der Waals surface area contributed by atoms with Crippen LogP contribution in [-0.4, -0.2) is 31.1 Å². The number of hydrogen-bond acceptors (Lipinski definition) is 3. The Balaban J connectivity index is 1.61. The Kier molecular flexibility index (Phi) is 9.40. The summed E-state index contributed by atoms with van der Waals surface area (Å²) in [5.41, 5.74) is 8.58. The van der Waals surface area contributed by atoms with E-state index in [1.54, 1.807) is 0 Å². The van der Waals surface area contributed by atoms with E-state index in [2.05, 4.69) is 159 Å². The first-order valence-corrected chi connectivity index (χ1v) is 15.9. The molecule has 2 atom stereocenters. The SMILES string of the molecule is C=Cc1ccc(Nc2ccc(C(c3ccc(N(CC)CC)cc3)C3(C)C=CC(N(CC)CC)=CC3)c3ccccc23)cc1. The fourth-order valence-corrected chi connectivity index (χ4v) is 6.70. The maximum Gasteiger partial charge on any atom is 0.0464 e. The van der Waals surface area contributed by atoms with Crippen molar-refractivity contribution >= 4 is 33.9 Å². The first kappa shape index (κ1) is 30.2. The van der Waals surface area contributed by atoms with Crippen LogP contribution in [0.4, 0.5) is 17.1 Å². The molecule has 0 saturated carbocycles. The van der Waals surface area contributed by atoms with E-state index >= 15 is 0 Å². The number of rotatable bonds is 12. The van der Waals surface area contributed by atoms with Crippen LogP contribution >= 0.6 is 0 Å². The molecule has 0 spiro atoms. The fraction of sp³-hybridized carbons (Fsp3) is 0.300. The lowest BCUT2D eigenvalue weighted by molar-refractivity contribution is 0.348. The van der Waals surface area contributed by atoms with Gasteiger partial charge in [0, 0.05) is 65.7 Å². The van der Waals surface area contributed by atoms with Crippen molar-refractivity contribution < 1.29 is 0 Å². The molecule has 0 bridgehead atoms. The smallest absolute Gasteiger partial charge is 0.0464 e. The molecule has 3 heteroatoms. The van der Waals surface area contributed by atoms with Gasteiger partial charge in [0.1, 0.15) is 0 Å². The van der Waals surface area contributed by atoms with E-state index in [0.717, 1.165) is 49.5 Å². The van der Waals surface area contributed by atoms with Gasteiger partial charge >= 0.3 is 0 Å². The van der Waals surface area contributed by atoms with Gasteiger partial charge in [-0.05, 0) is 92.6 Å². The molecule has 0 radical (unpaired) electrons. The number of hydrogen-bond donors (Lipinski definition) is 1. The molecule has 1 aliphatic rings. The molecule has 0 aliphatic heterocycles. The molecule has 1 N–H and O–H groups in total. The second-order valence-electron chi connectivity index (χ2n) is 11.7. The lowest BCUT2D eigenvalue weighted by atomic mass is 9.66. The van der Waals surface area contributed by atoms with Crippen LogP contribution in [-0.2, 0) is 0 Å². The molecule has 0 aromatic heterocycles. The molecular formula is C40H47N3. The summed E-state index contributed by atoms with van der Waals surface area (Å²) in [6, 6.07) is 31.3. The van der Waals surface area contributed by atoms with Crippen LogP contribution in [0.25, 0.3) is 16.8 Å². The van der Waals surface area contributed by atoms with Gasteiger partial charge in [0.15, 0.2) is 0 Å². The molecule has 0 amide bonds. The third-order valence-corrected chi connectivity index (χ3v) is 9.22. The number of nitrogens with zero attached hydrogens (tertiary/aromatic N) is 2. The highest BCUT2D eigenvalue weighted by molar-refractivity contribution is 5.98. The summed E-state index contributed by atoms with van der Waals surface area (Å²) >= 11 is 0. The zero-order chi connectivity index (χ0) is 30.4. The van der Waals surface area contributed by atoms with Crippen molar-refractivity contribution in [1.29, 1.82) is 0 Å². The Labute approximate surface area is 259 Å². The summed E-state index contributed by atoms with van der Waals surface area (Å²) in [6.45, 7) is 19.3. The average molecular weight is 570 g/mol. The van der Waals surface area contributed by atoms with Crippen LogP contribution in [0.1, 0.15) is 63.6 Å². The van der Waals surface area contributed by atoms with Gasteiger partial charge in [-0.25, -0.2) is 0 Å². The van der Waals surface area contributed by atoms with Crippen LogP contribution < -0.4 is 10.2 Å². The highest BCUT2D eigenvalue weighted by atomic mass is 15.1. The fourth-order valence-electron chi connectivity index (χ4n) is 6.70.